The van der Waals surface area contributed by atoms with Crippen LogP contribution in [0.25, 0.3) is 0 Å². The monoisotopic (exact) mass is 275 g/mol. The molecule has 1 unspecified atom stereocenters. The van der Waals surface area contributed by atoms with Crippen LogP contribution < -0.4 is 10.5 Å². The summed E-state index contributed by atoms with van der Waals surface area (Å²) < 4.78 is 5.98. The first-order valence-electron chi connectivity index (χ1n) is 6.63. The van der Waals surface area contributed by atoms with Gasteiger partial charge in [0.1, 0.15) is 11.9 Å². The van der Waals surface area contributed by atoms with Crippen LogP contribution >= 0.6 is 11.3 Å². The molecule has 0 bridgehead atoms. The van der Waals surface area contributed by atoms with Crippen LogP contribution in [0, 0.1) is 6.92 Å². The number of hydrogen-bond acceptors (Lipinski definition) is 3. The largest absolute Gasteiger partial charge is 0.484 e. The van der Waals surface area contributed by atoms with Crippen molar-refractivity contribution in [2.45, 2.75) is 32.8 Å². The maximum absolute atomic E-state index is 5.98. The average Bonchev–Trinajstić information content (AvgIpc) is 2.83. The number of nitrogens with two attached hydrogens (primary N) is 1. The number of rotatable bonds is 5. The zero-order valence-electron chi connectivity index (χ0n) is 11.7. The van der Waals surface area contributed by atoms with Crippen LogP contribution in [0.1, 0.15) is 41.2 Å². The number of aryl methyl sites for hydroxylation is 1. The van der Waals surface area contributed by atoms with Gasteiger partial charge in [-0.1, -0.05) is 26.0 Å². The van der Waals surface area contributed by atoms with Crippen LogP contribution in [0.5, 0.6) is 5.75 Å². The molecule has 1 aromatic carbocycles. The molecule has 0 radical (unpaired) electrons. The fourth-order valence-corrected chi connectivity index (χ4v) is 2.86. The van der Waals surface area contributed by atoms with E-state index in [2.05, 4.69) is 45.0 Å². The molecule has 1 atom stereocenters. The standard InChI is InChI=1S/C16H21NOS/c1-11(2)13-5-7-14(8-6-13)18-15(10-17)16-9-4-12(3)19-16/h4-9,11,15H,10,17H2,1-3H3. The minimum absolute atomic E-state index is 0.0522. The van der Waals surface area contributed by atoms with Gasteiger partial charge in [0.15, 0.2) is 0 Å². The molecule has 0 fully saturated rings. The first-order valence-corrected chi connectivity index (χ1v) is 7.45. The second-order valence-electron chi connectivity index (χ2n) is 5.01. The highest BCUT2D eigenvalue weighted by Gasteiger charge is 2.13. The summed E-state index contributed by atoms with van der Waals surface area (Å²) in [6, 6.07) is 12.5. The Hall–Kier alpha value is -1.32. The van der Waals surface area contributed by atoms with Gasteiger partial charge in [0, 0.05) is 16.3 Å². The average molecular weight is 275 g/mol. The summed E-state index contributed by atoms with van der Waals surface area (Å²) >= 11 is 1.74. The molecular formula is C16H21NOS. The van der Waals surface area contributed by atoms with Crippen molar-refractivity contribution in [2.75, 3.05) is 6.54 Å². The normalized spacial score (nSPS) is 12.7. The van der Waals surface area contributed by atoms with E-state index in [9.17, 15) is 0 Å². The third kappa shape index (κ3) is 3.58. The summed E-state index contributed by atoms with van der Waals surface area (Å²) in [7, 11) is 0. The Bertz CT molecular complexity index is 516. The van der Waals surface area contributed by atoms with Crippen LogP contribution in [0.2, 0.25) is 0 Å². The zero-order chi connectivity index (χ0) is 13.8. The predicted octanol–water partition coefficient (Wildman–Crippen LogP) is 4.26. The molecule has 19 heavy (non-hydrogen) atoms. The zero-order valence-corrected chi connectivity index (χ0v) is 12.5. The molecule has 102 valence electrons. The lowest BCUT2D eigenvalue weighted by Gasteiger charge is -2.16. The van der Waals surface area contributed by atoms with Crippen LogP contribution in [-0.2, 0) is 0 Å². The molecule has 2 N–H and O–H groups in total. The topological polar surface area (TPSA) is 35.2 Å². The van der Waals surface area contributed by atoms with E-state index in [1.54, 1.807) is 11.3 Å². The Labute approximate surface area is 119 Å². The van der Waals surface area contributed by atoms with Crippen molar-refractivity contribution in [3.05, 3.63) is 51.7 Å². The third-order valence-corrected chi connectivity index (χ3v) is 4.21. The van der Waals surface area contributed by atoms with Crippen molar-refractivity contribution in [1.82, 2.24) is 0 Å². The van der Waals surface area contributed by atoms with Crippen molar-refractivity contribution in [2.24, 2.45) is 5.73 Å². The Morgan fingerprint density at radius 2 is 1.79 bits per heavy atom. The van der Waals surface area contributed by atoms with Gasteiger partial charge in [-0.25, -0.2) is 0 Å². The fourth-order valence-electron chi connectivity index (χ4n) is 1.94. The van der Waals surface area contributed by atoms with Gasteiger partial charge in [0.2, 0.25) is 0 Å². The maximum atomic E-state index is 5.98. The van der Waals surface area contributed by atoms with E-state index in [4.69, 9.17) is 10.5 Å². The van der Waals surface area contributed by atoms with Crippen molar-refractivity contribution < 1.29 is 4.74 Å². The summed E-state index contributed by atoms with van der Waals surface area (Å²) in [6.45, 7) is 6.96. The van der Waals surface area contributed by atoms with E-state index in [-0.39, 0.29) is 6.10 Å². The molecule has 0 aliphatic rings. The molecule has 2 aromatic rings. The quantitative estimate of drug-likeness (QED) is 0.885. The van der Waals surface area contributed by atoms with Crippen molar-refractivity contribution in [1.29, 1.82) is 0 Å². The van der Waals surface area contributed by atoms with E-state index in [0.29, 0.717) is 12.5 Å². The Balaban J connectivity index is 2.10. The highest BCUT2D eigenvalue weighted by Crippen LogP contribution is 2.27. The molecule has 1 aromatic heterocycles. The van der Waals surface area contributed by atoms with E-state index >= 15 is 0 Å². The highest BCUT2D eigenvalue weighted by molar-refractivity contribution is 7.12. The van der Waals surface area contributed by atoms with Gasteiger partial charge in [-0.15, -0.1) is 11.3 Å². The van der Waals surface area contributed by atoms with Gasteiger partial charge in [-0.2, -0.15) is 0 Å². The van der Waals surface area contributed by atoms with E-state index in [1.165, 1.54) is 15.3 Å². The fraction of sp³-hybridized carbons (Fsp3) is 0.375. The lowest BCUT2D eigenvalue weighted by molar-refractivity contribution is 0.218. The molecule has 0 saturated carbocycles. The second kappa shape index (κ2) is 6.22. The van der Waals surface area contributed by atoms with Crippen LogP contribution in [0.15, 0.2) is 36.4 Å². The first-order chi connectivity index (χ1) is 9.10. The van der Waals surface area contributed by atoms with Crippen molar-refractivity contribution >= 4 is 11.3 Å². The van der Waals surface area contributed by atoms with Gasteiger partial charge in [-0.05, 0) is 42.7 Å². The van der Waals surface area contributed by atoms with Gasteiger partial charge >= 0.3 is 0 Å². The molecule has 3 heteroatoms. The summed E-state index contributed by atoms with van der Waals surface area (Å²) in [4.78, 5) is 2.47. The third-order valence-electron chi connectivity index (χ3n) is 3.12. The Morgan fingerprint density at radius 1 is 1.11 bits per heavy atom. The Kier molecular flexibility index (Phi) is 4.61. The van der Waals surface area contributed by atoms with Gasteiger partial charge < -0.3 is 10.5 Å². The number of hydrogen-bond donors (Lipinski definition) is 1. The van der Waals surface area contributed by atoms with Crippen LogP contribution in [-0.4, -0.2) is 6.54 Å². The molecule has 0 saturated heterocycles. The van der Waals surface area contributed by atoms with E-state index in [1.807, 2.05) is 12.1 Å². The van der Waals surface area contributed by atoms with Crippen LogP contribution in [0.4, 0.5) is 0 Å². The van der Waals surface area contributed by atoms with E-state index < -0.39 is 0 Å². The lowest BCUT2D eigenvalue weighted by Crippen LogP contribution is -2.17. The molecule has 0 aliphatic heterocycles. The predicted molar refractivity (Wildman–Crippen MR) is 82.0 cm³/mol. The molecule has 2 nitrogen and oxygen atoms in total. The van der Waals surface area contributed by atoms with E-state index in [0.717, 1.165) is 5.75 Å². The lowest BCUT2D eigenvalue weighted by atomic mass is 10.0. The molecule has 2 rings (SSSR count). The molecular weight excluding hydrogens is 254 g/mol. The van der Waals surface area contributed by atoms with Gasteiger partial charge in [-0.3, -0.25) is 0 Å². The van der Waals surface area contributed by atoms with Gasteiger partial charge in [0.25, 0.3) is 0 Å². The SMILES string of the molecule is Cc1ccc(C(CN)Oc2ccc(C(C)C)cc2)s1. The minimum atomic E-state index is -0.0522. The first kappa shape index (κ1) is 14.1. The molecule has 0 amide bonds. The smallest absolute Gasteiger partial charge is 0.145 e. The summed E-state index contributed by atoms with van der Waals surface area (Å²) in [6.07, 6.45) is -0.0522. The number of ether oxygens (including phenoxy) is 1. The number of benzene rings is 1. The highest BCUT2D eigenvalue weighted by atomic mass is 32.1. The summed E-state index contributed by atoms with van der Waals surface area (Å²) in [5.74, 6) is 1.42. The molecule has 0 spiro atoms. The summed E-state index contributed by atoms with van der Waals surface area (Å²) in [5, 5.41) is 0. The summed E-state index contributed by atoms with van der Waals surface area (Å²) in [5.41, 5.74) is 7.14. The minimum Gasteiger partial charge on any atom is -0.484 e. The van der Waals surface area contributed by atoms with Crippen LogP contribution in [0.3, 0.4) is 0 Å². The molecule has 1 heterocycles. The maximum Gasteiger partial charge on any atom is 0.145 e. The van der Waals surface area contributed by atoms with Crippen molar-refractivity contribution in [3.8, 4) is 5.75 Å². The van der Waals surface area contributed by atoms with Gasteiger partial charge in [0.05, 0.1) is 0 Å². The Morgan fingerprint density at radius 3 is 2.26 bits per heavy atom. The van der Waals surface area contributed by atoms with Crippen molar-refractivity contribution in [3.63, 3.8) is 0 Å². The number of thiophene rings is 1. The second-order valence-corrected chi connectivity index (χ2v) is 6.33. The molecule has 0 aliphatic carbocycles.